The molecule has 0 aliphatic heterocycles. The van der Waals surface area contributed by atoms with E-state index in [9.17, 15) is 4.39 Å². The number of benzene rings is 1. The van der Waals surface area contributed by atoms with Crippen molar-refractivity contribution in [1.82, 2.24) is 0 Å². The highest BCUT2D eigenvalue weighted by Gasteiger charge is 2.28. The lowest BCUT2D eigenvalue weighted by Crippen LogP contribution is -2.42. The summed E-state index contributed by atoms with van der Waals surface area (Å²) in [5, 5.41) is 0. The summed E-state index contributed by atoms with van der Waals surface area (Å²) in [6, 6.07) is 7.03. The number of nitrogens with two attached hydrogens (primary N) is 1. The van der Waals surface area contributed by atoms with Crippen LogP contribution in [-0.2, 0) is 0 Å². The Balaban J connectivity index is 1.94. The van der Waals surface area contributed by atoms with E-state index in [0.717, 1.165) is 24.6 Å². The average molecular weight is 278 g/mol. The van der Waals surface area contributed by atoms with E-state index in [1.165, 1.54) is 37.8 Å². The van der Waals surface area contributed by atoms with Crippen molar-refractivity contribution in [2.45, 2.75) is 45.1 Å². The van der Waals surface area contributed by atoms with E-state index in [-0.39, 0.29) is 5.82 Å². The zero-order valence-electron chi connectivity index (χ0n) is 12.7. The lowest BCUT2D eigenvalue weighted by Gasteiger charge is -2.37. The highest BCUT2D eigenvalue weighted by molar-refractivity contribution is 5.45. The maximum absolute atomic E-state index is 13.0. The van der Waals surface area contributed by atoms with Gasteiger partial charge in [-0.15, -0.1) is 0 Å². The van der Waals surface area contributed by atoms with Crippen LogP contribution >= 0.6 is 0 Å². The van der Waals surface area contributed by atoms with Crippen molar-refractivity contribution in [3.05, 3.63) is 30.1 Å². The van der Waals surface area contributed by atoms with Gasteiger partial charge < -0.3 is 10.6 Å². The van der Waals surface area contributed by atoms with Gasteiger partial charge in [0.05, 0.1) is 0 Å². The molecule has 0 heterocycles. The standard InChI is InChI=1S/C17H27FN2/c1-3-4-13-5-10-17(19)14(11-13)12-20(2)16-8-6-15(18)7-9-16/h6-9,13-14,17H,3-5,10-12,19H2,1-2H3. The maximum atomic E-state index is 13.0. The molecule has 112 valence electrons. The molecule has 3 heteroatoms. The Morgan fingerprint density at radius 3 is 2.60 bits per heavy atom. The molecule has 2 N–H and O–H groups in total. The van der Waals surface area contributed by atoms with Crippen molar-refractivity contribution in [1.29, 1.82) is 0 Å². The predicted molar refractivity (Wildman–Crippen MR) is 83.4 cm³/mol. The second kappa shape index (κ2) is 7.07. The van der Waals surface area contributed by atoms with Crippen molar-refractivity contribution in [3.63, 3.8) is 0 Å². The van der Waals surface area contributed by atoms with Gasteiger partial charge in [0.15, 0.2) is 0 Å². The van der Waals surface area contributed by atoms with Crippen LogP contribution in [0.4, 0.5) is 10.1 Å². The first kappa shape index (κ1) is 15.3. The Hall–Kier alpha value is -1.09. The molecule has 0 aromatic heterocycles. The van der Waals surface area contributed by atoms with Crippen molar-refractivity contribution in [2.24, 2.45) is 17.6 Å². The second-order valence-electron chi connectivity index (χ2n) is 6.25. The SMILES string of the molecule is CCCC1CCC(N)C(CN(C)c2ccc(F)cc2)C1. The monoisotopic (exact) mass is 278 g/mol. The summed E-state index contributed by atoms with van der Waals surface area (Å²) in [6.45, 7) is 3.22. The number of anilines is 1. The van der Waals surface area contributed by atoms with Crippen molar-refractivity contribution < 1.29 is 4.39 Å². The average Bonchev–Trinajstić information content (AvgIpc) is 2.43. The van der Waals surface area contributed by atoms with Gasteiger partial charge in [-0.05, 0) is 55.4 Å². The van der Waals surface area contributed by atoms with E-state index in [4.69, 9.17) is 5.73 Å². The molecule has 3 unspecified atom stereocenters. The molecule has 3 atom stereocenters. The van der Waals surface area contributed by atoms with Gasteiger partial charge in [-0.1, -0.05) is 19.8 Å². The molecule has 0 amide bonds. The van der Waals surface area contributed by atoms with E-state index >= 15 is 0 Å². The van der Waals surface area contributed by atoms with Crippen LogP contribution in [0.3, 0.4) is 0 Å². The smallest absolute Gasteiger partial charge is 0.123 e. The van der Waals surface area contributed by atoms with Crippen molar-refractivity contribution in [3.8, 4) is 0 Å². The van der Waals surface area contributed by atoms with E-state index in [1.54, 1.807) is 0 Å². The largest absolute Gasteiger partial charge is 0.374 e. The summed E-state index contributed by atoms with van der Waals surface area (Å²) in [5.41, 5.74) is 7.37. The van der Waals surface area contributed by atoms with E-state index in [1.807, 2.05) is 12.1 Å². The molecule has 1 fully saturated rings. The van der Waals surface area contributed by atoms with E-state index < -0.39 is 0 Å². The fourth-order valence-corrected chi connectivity index (χ4v) is 3.42. The quantitative estimate of drug-likeness (QED) is 0.887. The molecular formula is C17H27FN2. The molecule has 0 saturated heterocycles. The van der Waals surface area contributed by atoms with Crippen LogP contribution in [0.2, 0.25) is 0 Å². The normalized spacial score (nSPS) is 26.5. The molecule has 0 bridgehead atoms. The molecule has 1 aromatic carbocycles. The number of rotatable bonds is 5. The predicted octanol–water partition coefficient (Wildman–Crippen LogP) is 3.81. The minimum absolute atomic E-state index is 0.181. The zero-order chi connectivity index (χ0) is 14.5. The van der Waals surface area contributed by atoms with Crippen LogP contribution in [-0.4, -0.2) is 19.6 Å². The van der Waals surface area contributed by atoms with Crippen molar-refractivity contribution >= 4 is 5.69 Å². The van der Waals surface area contributed by atoms with Crippen LogP contribution < -0.4 is 10.6 Å². The van der Waals surface area contributed by atoms with Crippen LogP contribution in [0.1, 0.15) is 39.0 Å². The maximum Gasteiger partial charge on any atom is 0.123 e. The Morgan fingerprint density at radius 1 is 1.25 bits per heavy atom. The number of nitrogens with zero attached hydrogens (tertiary/aromatic N) is 1. The van der Waals surface area contributed by atoms with Crippen LogP contribution in [0.15, 0.2) is 24.3 Å². The molecule has 20 heavy (non-hydrogen) atoms. The van der Waals surface area contributed by atoms with Gasteiger partial charge in [-0.2, -0.15) is 0 Å². The Kier molecular flexibility index (Phi) is 5.41. The first-order valence-corrected chi connectivity index (χ1v) is 7.82. The third-order valence-corrected chi connectivity index (χ3v) is 4.62. The Morgan fingerprint density at radius 2 is 1.95 bits per heavy atom. The third kappa shape index (κ3) is 3.95. The van der Waals surface area contributed by atoms with E-state index in [2.05, 4.69) is 18.9 Å². The van der Waals surface area contributed by atoms with Crippen LogP contribution in [0.5, 0.6) is 0 Å². The van der Waals surface area contributed by atoms with Gasteiger partial charge in [0, 0.05) is 25.3 Å². The highest BCUT2D eigenvalue weighted by Crippen LogP contribution is 2.32. The summed E-state index contributed by atoms with van der Waals surface area (Å²) in [5.74, 6) is 1.21. The third-order valence-electron chi connectivity index (χ3n) is 4.62. The molecular weight excluding hydrogens is 251 g/mol. The van der Waals surface area contributed by atoms with Gasteiger partial charge in [0.1, 0.15) is 5.82 Å². The zero-order valence-corrected chi connectivity index (χ0v) is 12.7. The minimum Gasteiger partial charge on any atom is -0.374 e. The Bertz CT molecular complexity index is 404. The first-order chi connectivity index (χ1) is 9.60. The fourth-order valence-electron chi connectivity index (χ4n) is 3.42. The van der Waals surface area contributed by atoms with Gasteiger partial charge in [0.2, 0.25) is 0 Å². The summed E-state index contributed by atoms with van der Waals surface area (Å²) >= 11 is 0. The summed E-state index contributed by atoms with van der Waals surface area (Å²) < 4.78 is 13.0. The van der Waals surface area contributed by atoms with Gasteiger partial charge >= 0.3 is 0 Å². The molecule has 1 aliphatic carbocycles. The molecule has 0 spiro atoms. The number of hydrogen-bond donors (Lipinski definition) is 1. The fraction of sp³-hybridized carbons (Fsp3) is 0.647. The lowest BCUT2D eigenvalue weighted by atomic mass is 9.76. The summed E-state index contributed by atoms with van der Waals surface area (Å²) in [6.07, 6.45) is 6.25. The Labute approximate surface area is 122 Å². The van der Waals surface area contributed by atoms with E-state index in [0.29, 0.717) is 12.0 Å². The molecule has 0 radical (unpaired) electrons. The number of halogens is 1. The van der Waals surface area contributed by atoms with Crippen LogP contribution in [0.25, 0.3) is 0 Å². The molecule has 1 aromatic rings. The molecule has 2 nitrogen and oxygen atoms in total. The summed E-state index contributed by atoms with van der Waals surface area (Å²) in [4.78, 5) is 2.21. The first-order valence-electron chi connectivity index (χ1n) is 7.82. The van der Waals surface area contributed by atoms with Crippen molar-refractivity contribution in [2.75, 3.05) is 18.5 Å². The second-order valence-corrected chi connectivity index (χ2v) is 6.25. The molecule has 1 saturated carbocycles. The minimum atomic E-state index is -0.181. The van der Waals surface area contributed by atoms with Crippen LogP contribution in [0, 0.1) is 17.7 Å². The van der Waals surface area contributed by atoms with Gasteiger partial charge in [-0.25, -0.2) is 4.39 Å². The van der Waals surface area contributed by atoms with Gasteiger partial charge in [-0.3, -0.25) is 0 Å². The molecule has 2 rings (SSSR count). The molecule has 1 aliphatic rings. The number of hydrogen-bond acceptors (Lipinski definition) is 2. The lowest BCUT2D eigenvalue weighted by molar-refractivity contribution is 0.226. The summed E-state index contributed by atoms with van der Waals surface area (Å²) in [7, 11) is 2.07. The topological polar surface area (TPSA) is 29.3 Å². The highest BCUT2D eigenvalue weighted by atomic mass is 19.1. The van der Waals surface area contributed by atoms with Gasteiger partial charge in [0.25, 0.3) is 0 Å².